The predicted molar refractivity (Wildman–Crippen MR) is 161 cm³/mol. The number of H-pyrrole nitrogens is 2. The number of aryl methyl sites for hydroxylation is 2. The van der Waals surface area contributed by atoms with Crippen LogP contribution in [0.4, 0.5) is 11.9 Å². The number of hydrogen-bond acceptors (Lipinski definition) is 21. The summed E-state index contributed by atoms with van der Waals surface area (Å²) in [7, 11) is -12.5. The highest BCUT2D eigenvalue weighted by molar-refractivity contribution is 7.60. The van der Waals surface area contributed by atoms with E-state index in [4.69, 9.17) is 20.9 Å². The number of phosphoric ester groups is 2. The molecule has 2 saturated heterocycles. The monoisotopic (exact) mass is 799 g/mol. The van der Waals surface area contributed by atoms with E-state index in [2.05, 4.69) is 37.6 Å². The molecule has 0 aromatic carbocycles. The van der Waals surface area contributed by atoms with Crippen molar-refractivity contribution in [1.82, 2.24) is 29.1 Å². The molecule has 0 bridgehead atoms. The van der Waals surface area contributed by atoms with Crippen LogP contribution in [0, 0.1) is 0 Å². The van der Waals surface area contributed by atoms with Crippen molar-refractivity contribution in [2.24, 2.45) is 14.1 Å². The fraction of sp³-hybridized carbons (Fsp3) is 0.545. The lowest BCUT2D eigenvalue weighted by Crippen LogP contribution is -2.46. The van der Waals surface area contributed by atoms with Crippen LogP contribution in [-0.4, -0.2) is 99.3 Å². The van der Waals surface area contributed by atoms with E-state index in [1.165, 1.54) is 35.9 Å². The molecule has 2 aliphatic rings. The van der Waals surface area contributed by atoms with E-state index in [0.717, 1.165) is 9.13 Å². The molecule has 0 aliphatic carbocycles. The largest absolute Gasteiger partial charge is 0.753 e. The van der Waals surface area contributed by atoms with Crippen LogP contribution < -0.4 is 41.5 Å². The second-order valence-electron chi connectivity index (χ2n) is 11.5. The number of nitrogens with zero attached hydrogens (tertiary/aromatic N) is 6. The van der Waals surface area contributed by atoms with Crippen molar-refractivity contribution < 1.29 is 80.2 Å². The number of rotatable bonds is 12. The Balaban J connectivity index is 1.03. The average molecular weight is 799 g/mol. The van der Waals surface area contributed by atoms with Crippen molar-refractivity contribution in [3.63, 3.8) is 0 Å². The van der Waals surface area contributed by atoms with Crippen LogP contribution in [0.1, 0.15) is 12.5 Å². The van der Waals surface area contributed by atoms with Crippen molar-refractivity contribution in [3.05, 3.63) is 33.4 Å². The lowest BCUT2D eigenvalue weighted by Gasteiger charge is -2.21. The molecule has 27 nitrogen and oxygen atoms in total. The number of aliphatic hydroxyl groups is 4. The highest BCUT2D eigenvalue weighted by Crippen LogP contribution is 2.56. The first kappa shape index (κ1) is 38.1. The van der Waals surface area contributed by atoms with Crippen molar-refractivity contribution in [1.29, 1.82) is 0 Å². The van der Waals surface area contributed by atoms with E-state index in [0.29, 0.717) is 0 Å². The molecule has 6 heterocycles. The van der Waals surface area contributed by atoms with Gasteiger partial charge in [-0.05, 0) is 8.62 Å². The lowest BCUT2D eigenvalue weighted by atomic mass is 10.1. The maximum Gasteiger partial charge on any atom is 0.712 e. The Morgan fingerprint density at radius 1 is 0.808 bits per heavy atom. The molecule has 6 rings (SSSR count). The number of nitrogens with two attached hydrogens (primary N) is 2. The standard InChI is InChI=1S/C22H29N10O17P3/c1-29-5-31(15-9(29)17(37)27-21(23)25-15)19-13(35)11(33)7(46-19)3-44-51(40,41)48-50(39)49-52(42,43)45-4-8-12(34)14(36)20(47-8)32-6-30(2)10-16(32)26-22(24)28-18(10)38/h5-8,11-14,19-20,33-36H,3-4H2,1-2H3,(H5-3,23,24,25,26,27,28,37,38,40,41,42,43)/p+1/t7-,8-,11-,12-,13-,14-,19-,20-/m1/s1. The summed E-state index contributed by atoms with van der Waals surface area (Å²) < 4.78 is 70.3. The van der Waals surface area contributed by atoms with Crippen molar-refractivity contribution >= 4 is 58.1 Å². The van der Waals surface area contributed by atoms with Gasteiger partial charge in [0.05, 0.1) is 27.3 Å². The van der Waals surface area contributed by atoms with E-state index >= 15 is 0 Å². The summed E-state index contributed by atoms with van der Waals surface area (Å²) in [6.45, 7) is -2.09. The SMILES string of the molecule is Cn1c[n+]([C@@H]2O[C@H](COP(=O)([O-])O[P+](=O)OP(=O)([O-])OC[C@H]3O[C@@H]([n+]4cn(C)c5c(=O)[nH]c(N)nc54)[C@H](O)[C@@H]3O)[C@@H](O)[C@H]2O)c2nc(N)[nH]c(=O)c21. The third-order valence-electron chi connectivity index (χ3n) is 7.93. The summed E-state index contributed by atoms with van der Waals surface area (Å²) in [6, 6.07) is 0. The molecule has 52 heavy (non-hydrogen) atoms. The number of imidazole rings is 2. The van der Waals surface area contributed by atoms with Gasteiger partial charge in [-0.25, -0.2) is 9.13 Å². The summed E-state index contributed by atoms with van der Waals surface area (Å²) in [4.78, 5) is 61.9. The number of nitrogens with one attached hydrogen (secondary N) is 2. The topological polar surface area (TPSA) is 395 Å². The van der Waals surface area contributed by atoms with E-state index < -0.39 is 97.3 Å². The molecule has 2 unspecified atom stereocenters. The van der Waals surface area contributed by atoms with Gasteiger partial charge in [-0.1, -0.05) is 9.97 Å². The van der Waals surface area contributed by atoms with Gasteiger partial charge in [-0.2, -0.15) is 0 Å². The first-order valence-electron chi connectivity index (χ1n) is 14.6. The zero-order valence-corrected chi connectivity index (χ0v) is 29.1. The maximum absolute atomic E-state index is 12.3. The molecule has 284 valence electrons. The average Bonchev–Trinajstić information content (AvgIpc) is 3.72. The number of nitrogen functional groups attached to an aromatic ring is 2. The van der Waals surface area contributed by atoms with Gasteiger partial charge in [0.25, 0.3) is 23.0 Å². The number of aliphatic hydroxyl groups excluding tert-OH is 4. The molecule has 30 heteroatoms. The van der Waals surface area contributed by atoms with Gasteiger partial charge in [-0.3, -0.25) is 37.8 Å². The van der Waals surface area contributed by atoms with E-state index in [-0.39, 0.29) is 34.2 Å². The van der Waals surface area contributed by atoms with Gasteiger partial charge in [-0.15, -0.1) is 0 Å². The second-order valence-corrected chi connectivity index (χ2v) is 15.5. The Morgan fingerprint density at radius 2 is 1.17 bits per heavy atom. The summed E-state index contributed by atoms with van der Waals surface area (Å²) in [5.74, 6) is -0.535. The lowest BCUT2D eigenvalue weighted by molar-refractivity contribution is -0.746. The zero-order valence-electron chi connectivity index (χ0n) is 26.5. The van der Waals surface area contributed by atoms with Crippen molar-refractivity contribution in [2.75, 3.05) is 24.7 Å². The normalized spacial score (nSPS) is 29.1. The highest BCUT2D eigenvalue weighted by Gasteiger charge is 2.49. The van der Waals surface area contributed by atoms with Crippen LogP contribution >= 0.6 is 23.9 Å². The maximum atomic E-state index is 12.3. The Morgan fingerprint density at radius 3 is 1.54 bits per heavy atom. The van der Waals surface area contributed by atoms with Gasteiger partial charge in [0, 0.05) is 4.57 Å². The van der Waals surface area contributed by atoms with E-state index in [1.54, 1.807) is 0 Å². The molecule has 2 fully saturated rings. The number of aromatic nitrogens is 8. The smallest absolute Gasteiger partial charge is 0.712 e. The minimum absolute atomic E-state index is 0.0242. The molecule has 0 amide bonds. The Labute approximate surface area is 288 Å². The number of hydrogen-bond donors (Lipinski definition) is 8. The first-order valence-corrected chi connectivity index (χ1v) is 18.6. The van der Waals surface area contributed by atoms with Gasteiger partial charge < -0.3 is 60.2 Å². The van der Waals surface area contributed by atoms with Crippen molar-refractivity contribution in [3.8, 4) is 0 Å². The van der Waals surface area contributed by atoms with E-state index in [9.17, 15) is 53.5 Å². The molecule has 0 saturated carbocycles. The van der Waals surface area contributed by atoms with Crippen LogP contribution in [0.5, 0.6) is 0 Å². The number of aromatic amines is 2. The number of phosphoric acid groups is 2. The summed E-state index contributed by atoms with van der Waals surface area (Å²) in [6.07, 6.45) is -10.4. The Bertz CT molecular complexity index is 2110. The summed E-state index contributed by atoms with van der Waals surface area (Å²) in [5, 5.41) is 42.1. The van der Waals surface area contributed by atoms with Crippen LogP contribution in [-0.2, 0) is 54.9 Å². The van der Waals surface area contributed by atoms with Crippen molar-refractivity contribution in [2.45, 2.75) is 49.1 Å². The fourth-order valence-electron chi connectivity index (χ4n) is 5.66. The van der Waals surface area contributed by atoms with Gasteiger partial charge >= 0.3 is 35.2 Å². The zero-order chi connectivity index (χ0) is 38.0. The highest BCUT2D eigenvalue weighted by atomic mass is 31.3. The molecular formula is C22H30N10O17P3+. The molecule has 10 N–H and O–H groups in total. The van der Waals surface area contributed by atoms with E-state index in [1.807, 2.05) is 0 Å². The molecule has 0 radical (unpaired) electrons. The number of ether oxygens (including phenoxy) is 2. The van der Waals surface area contributed by atoms with Crippen LogP contribution in [0.15, 0.2) is 22.2 Å². The van der Waals surface area contributed by atoms with Gasteiger partial charge in [0.1, 0.15) is 36.6 Å². The minimum Gasteiger partial charge on any atom is -0.753 e. The quantitative estimate of drug-likeness (QED) is 0.0488. The van der Waals surface area contributed by atoms with Crippen LogP contribution in [0.25, 0.3) is 22.3 Å². The second kappa shape index (κ2) is 14.0. The molecule has 10 atom stereocenters. The first-order chi connectivity index (χ1) is 24.3. The van der Waals surface area contributed by atoms with Crippen LogP contribution in [0.2, 0.25) is 0 Å². The molecule has 4 aromatic heterocycles. The number of fused-ring (bicyclic) bond motifs is 2. The fourth-order valence-corrected chi connectivity index (χ4v) is 8.39. The molecular weight excluding hydrogens is 769 g/mol. The molecule has 2 aliphatic heterocycles. The predicted octanol–water partition coefficient (Wildman–Crippen LogP) is -5.82. The molecule has 0 spiro atoms. The minimum atomic E-state index is -5.67. The third kappa shape index (κ3) is 7.30. The van der Waals surface area contributed by atoms with Crippen LogP contribution in [0.3, 0.4) is 0 Å². The van der Waals surface area contributed by atoms with Gasteiger partial charge in [0.2, 0.25) is 23.5 Å². The Hall–Kier alpha value is -3.62. The molecule has 4 aromatic rings. The summed E-state index contributed by atoms with van der Waals surface area (Å²) in [5.41, 5.74) is 9.92. The summed E-state index contributed by atoms with van der Waals surface area (Å²) >= 11 is 0. The third-order valence-corrected chi connectivity index (χ3v) is 11.5. The number of anilines is 2. The Kier molecular flexibility index (Phi) is 10.2. The van der Waals surface area contributed by atoms with Gasteiger partial charge in [0.15, 0.2) is 12.7 Å².